The van der Waals surface area contributed by atoms with E-state index in [0.717, 1.165) is 25.1 Å². The van der Waals surface area contributed by atoms with E-state index in [9.17, 15) is 9.18 Å². The lowest BCUT2D eigenvalue weighted by Gasteiger charge is -2.40. The summed E-state index contributed by atoms with van der Waals surface area (Å²) >= 11 is 0. The van der Waals surface area contributed by atoms with E-state index in [1.54, 1.807) is 17.0 Å². The van der Waals surface area contributed by atoms with Gasteiger partial charge in [0.15, 0.2) is 0 Å². The van der Waals surface area contributed by atoms with Gasteiger partial charge in [-0.25, -0.2) is 4.39 Å². The summed E-state index contributed by atoms with van der Waals surface area (Å²) in [4.78, 5) is 14.5. The van der Waals surface area contributed by atoms with Gasteiger partial charge in [0, 0.05) is 12.2 Å². The van der Waals surface area contributed by atoms with E-state index in [4.69, 9.17) is 0 Å². The molecule has 0 spiro atoms. The molecular weight excluding hydrogens is 255 g/mol. The molecule has 0 radical (unpaired) electrons. The zero-order valence-corrected chi connectivity index (χ0v) is 12.4. The SMILES string of the molecule is CCN(C(=O)C1NCCCC1(C)C)c1ccc(F)cc1. The number of carbonyl (C=O) groups is 1. The standard InChI is InChI=1S/C16H23FN2O/c1-4-19(13-8-6-12(17)7-9-13)15(20)14-16(2,3)10-5-11-18-14/h6-9,14,18H,4-5,10-11H2,1-3H3. The second-order valence-electron chi connectivity index (χ2n) is 6.04. The van der Waals surface area contributed by atoms with Crippen LogP contribution >= 0.6 is 0 Å². The van der Waals surface area contributed by atoms with Crippen molar-refractivity contribution in [2.75, 3.05) is 18.0 Å². The van der Waals surface area contributed by atoms with E-state index in [0.29, 0.717) is 6.54 Å². The summed E-state index contributed by atoms with van der Waals surface area (Å²) in [5, 5.41) is 3.34. The van der Waals surface area contributed by atoms with Gasteiger partial charge >= 0.3 is 0 Å². The first-order valence-electron chi connectivity index (χ1n) is 7.26. The van der Waals surface area contributed by atoms with Crippen LogP contribution in [0.1, 0.15) is 33.6 Å². The largest absolute Gasteiger partial charge is 0.311 e. The van der Waals surface area contributed by atoms with Crippen LogP contribution in [0.2, 0.25) is 0 Å². The fourth-order valence-corrected chi connectivity index (χ4v) is 2.88. The summed E-state index contributed by atoms with van der Waals surface area (Å²) in [5.74, 6) is -0.211. The third-order valence-electron chi connectivity index (χ3n) is 4.10. The molecule has 2 rings (SSSR count). The number of piperidine rings is 1. The number of halogens is 1. The molecule has 1 atom stereocenters. The minimum atomic E-state index is -0.284. The van der Waals surface area contributed by atoms with Crippen LogP contribution in [0, 0.1) is 11.2 Å². The maximum atomic E-state index is 13.0. The second-order valence-corrected chi connectivity index (χ2v) is 6.04. The third-order valence-corrected chi connectivity index (χ3v) is 4.10. The van der Waals surface area contributed by atoms with Crippen molar-refractivity contribution in [2.45, 2.75) is 39.7 Å². The summed E-state index contributed by atoms with van der Waals surface area (Å²) in [6.45, 7) is 7.65. The number of likely N-dealkylation sites (N-methyl/N-ethyl adjacent to an activating group) is 1. The minimum absolute atomic E-state index is 0.0528. The highest BCUT2D eigenvalue weighted by Crippen LogP contribution is 2.32. The summed E-state index contributed by atoms with van der Waals surface area (Å²) < 4.78 is 13.0. The molecule has 1 aromatic carbocycles. The van der Waals surface area contributed by atoms with E-state index in [1.807, 2.05) is 6.92 Å². The Morgan fingerprint density at radius 3 is 2.60 bits per heavy atom. The average molecular weight is 278 g/mol. The Morgan fingerprint density at radius 1 is 1.40 bits per heavy atom. The molecule has 1 N–H and O–H groups in total. The van der Waals surface area contributed by atoms with Gasteiger partial charge in [0.2, 0.25) is 5.91 Å². The molecule has 0 aromatic heterocycles. The summed E-state index contributed by atoms with van der Waals surface area (Å²) in [6.07, 6.45) is 2.14. The van der Waals surface area contributed by atoms with Crippen LogP contribution in [0.15, 0.2) is 24.3 Å². The zero-order chi connectivity index (χ0) is 14.8. The molecule has 1 aliphatic rings. The quantitative estimate of drug-likeness (QED) is 0.922. The Balaban J connectivity index is 2.22. The van der Waals surface area contributed by atoms with Crippen LogP contribution < -0.4 is 10.2 Å². The van der Waals surface area contributed by atoms with Crippen molar-refractivity contribution < 1.29 is 9.18 Å². The van der Waals surface area contributed by atoms with Gasteiger partial charge in [0.25, 0.3) is 0 Å². The number of nitrogens with one attached hydrogen (secondary N) is 1. The van der Waals surface area contributed by atoms with Gasteiger partial charge in [-0.2, -0.15) is 0 Å². The van der Waals surface area contributed by atoms with Gasteiger partial charge in [-0.15, -0.1) is 0 Å². The van der Waals surface area contributed by atoms with E-state index >= 15 is 0 Å². The summed E-state index contributed by atoms with van der Waals surface area (Å²) in [5.41, 5.74) is 0.699. The zero-order valence-electron chi connectivity index (χ0n) is 12.4. The molecule has 1 aromatic rings. The lowest BCUT2D eigenvalue weighted by Crippen LogP contribution is -2.56. The number of amides is 1. The van der Waals surface area contributed by atoms with Gasteiger partial charge in [-0.05, 0) is 56.0 Å². The van der Waals surface area contributed by atoms with E-state index in [2.05, 4.69) is 19.2 Å². The Morgan fingerprint density at radius 2 is 2.05 bits per heavy atom. The van der Waals surface area contributed by atoms with Gasteiger partial charge < -0.3 is 10.2 Å². The second kappa shape index (κ2) is 5.92. The number of benzene rings is 1. The van der Waals surface area contributed by atoms with Crippen molar-refractivity contribution in [3.8, 4) is 0 Å². The molecule has 1 fully saturated rings. The summed E-state index contributed by atoms with van der Waals surface area (Å²) in [6, 6.07) is 5.93. The van der Waals surface area contributed by atoms with Crippen LogP contribution in [0.3, 0.4) is 0 Å². The molecule has 0 bridgehead atoms. The molecule has 1 aliphatic heterocycles. The molecule has 1 unspecified atom stereocenters. The third kappa shape index (κ3) is 3.01. The fraction of sp³-hybridized carbons (Fsp3) is 0.562. The Labute approximate surface area is 120 Å². The molecular formula is C16H23FN2O. The van der Waals surface area contributed by atoms with Crippen LogP contribution in [-0.2, 0) is 4.79 Å². The van der Waals surface area contributed by atoms with Gasteiger partial charge in [0.05, 0.1) is 6.04 Å². The number of hydrogen-bond acceptors (Lipinski definition) is 2. The molecule has 4 heteroatoms. The van der Waals surface area contributed by atoms with Crippen molar-refractivity contribution >= 4 is 11.6 Å². The maximum Gasteiger partial charge on any atom is 0.244 e. The number of rotatable bonds is 3. The average Bonchev–Trinajstić information content (AvgIpc) is 2.41. The van der Waals surface area contributed by atoms with Gasteiger partial charge in [-0.3, -0.25) is 4.79 Å². The first-order chi connectivity index (χ1) is 9.45. The highest BCUT2D eigenvalue weighted by atomic mass is 19.1. The van der Waals surface area contributed by atoms with E-state index in [1.165, 1.54) is 12.1 Å². The van der Waals surface area contributed by atoms with Crippen molar-refractivity contribution in [1.82, 2.24) is 5.32 Å². The van der Waals surface area contributed by atoms with Crippen LogP contribution in [0.5, 0.6) is 0 Å². The molecule has 3 nitrogen and oxygen atoms in total. The highest BCUT2D eigenvalue weighted by molar-refractivity contribution is 5.97. The van der Waals surface area contributed by atoms with Crippen molar-refractivity contribution in [2.24, 2.45) is 5.41 Å². The molecule has 0 aliphatic carbocycles. The monoisotopic (exact) mass is 278 g/mol. The molecule has 1 heterocycles. The van der Waals surface area contributed by atoms with Gasteiger partial charge in [0.1, 0.15) is 5.82 Å². The minimum Gasteiger partial charge on any atom is -0.311 e. The smallest absolute Gasteiger partial charge is 0.244 e. The Bertz CT molecular complexity index is 470. The van der Waals surface area contributed by atoms with Crippen molar-refractivity contribution in [3.63, 3.8) is 0 Å². The predicted molar refractivity (Wildman–Crippen MR) is 79.2 cm³/mol. The van der Waals surface area contributed by atoms with Crippen LogP contribution in [0.25, 0.3) is 0 Å². The molecule has 1 saturated heterocycles. The molecule has 110 valence electrons. The van der Waals surface area contributed by atoms with Crippen molar-refractivity contribution in [3.05, 3.63) is 30.1 Å². The number of carbonyl (C=O) groups excluding carboxylic acids is 1. The number of hydrogen-bond donors (Lipinski definition) is 1. The number of anilines is 1. The van der Waals surface area contributed by atoms with Crippen LogP contribution in [-0.4, -0.2) is 25.0 Å². The highest BCUT2D eigenvalue weighted by Gasteiger charge is 2.39. The first-order valence-corrected chi connectivity index (χ1v) is 7.26. The number of nitrogens with zero attached hydrogens (tertiary/aromatic N) is 1. The first kappa shape index (κ1) is 15.0. The van der Waals surface area contributed by atoms with Gasteiger partial charge in [-0.1, -0.05) is 13.8 Å². The summed E-state index contributed by atoms with van der Waals surface area (Å²) in [7, 11) is 0. The van der Waals surface area contributed by atoms with Crippen molar-refractivity contribution in [1.29, 1.82) is 0 Å². The fourth-order valence-electron chi connectivity index (χ4n) is 2.88. The lowest BCUT2D eigenvalue weighted by molar-refractivity contribution is -0.124. The Hall–Kier alpha value is -1.42. The Kier molecular flexibility index (Phi) is 4.43. The molecule has 20 heavy (non-hydrogen) atoms. The maximum absolute atomic E-state index is 13.0. The normalized spacial score (nSPS) is 21.5. The predicted octanol–water partition coefficient (Wildman–Crippen LogP) is 2.96. The molecule has 0 saturated carbocycles. The lowest BCUT2D eigenvalue weighted by atomic mass is 9.77. The molecule has 1 amide bonds. The van der Waals surface area contributed by atoms with E-state index < -0.39 is 0 Å². The van der Waals surface area contributed by atoms with E-state index in [-0.39, 0.29) is 23.2 Å². The van der Waals surface area contributed by atoms with Crippen LogP contribution in [0.4, 0.5) is 10.1 Å². The topological polar surface area (TPSA) is 32.3 Å².